The Morgan fingerprint density at radius 1 is 1.09 bits per heavy atom. The van der Waals surface area contributed by atoms with Crippen molar-refractivity contribution in [2.24, 2.45) is 11.1 Å². The third-order valence-corrected chi connectivity index (χ3v) is 5.50. The number of nitrogens with two attached hydrogens (primary N) is 1. The molecule has 1 spiro atoms. The first-order valence-electron chi connectivity index (χ1n) is 8.77. The monoisotopic (exact) mass is 336 g/mol. The molecule has 128 valence electrons. The van der Waals surface area contributed by atoms with Gasteiger partial charge < -0.3 is 10.6 Å². The maximum atomic E-state index is 12.7. The van der Waals surface area contributed by atoms with Crippen molar-refractivity contribution in [1.82, 2.24) is 4.90 Å². The van der Waals surface area contributed by atoms with Crippen LogP contribution in [0.15, 0.2) is 30.3 Å². The van der Waals surface area contributed by atoms with E-state index in [1.54, 1.807) is 0 Å². The molecule has 1 heterocycles. The summed E-state index contributed by atoms with van der Waals surface area (Å²) in [7, 11) is 0. The SMILES string of the molecule is Cl.N[C@@H](Cc1ccccc1)C(=O)N1CCCC2(CCCCC2)C1. The van der Waals surface area contributed by atoms with Crippen LogP contribution in [-0.2, 0) is 11.2 Å². The zero-order valence-electron chi connectivity index (χ0n) is 13.9. The second-order valence-corrected chi connectivity index (χ2v) is 7.22. The minimum Gasteiger partial charge on any atom is -0.341 e. The van der Waals surface area contributed by atoms with Gasteiger partial charge in [-0.15, -0.1) is 12.4 Å². The molecule has 2 aliphatic rings. The Balaban J connectivity index is 0.00000192. The Morgan fingerprint density at radius 2 is 1.74 bits per heavy atom. The minimum absolute atomic E-state index is 0. The number of halogens is 1. The number of carbonyl (C=O) groups excluding carboxylic acids is 1. The van der Waals surface area contributed by atoms with Gasteiger partial charge in [0.05, 0.1) is 6.04 Å². The second kappa shape index (κ2) is 8.16. The van der Waals surface area contributed by atoms with Crippen LogP contribution < -0.4 is 5.73 Å². The number of piperidine rings is 1. The van der Waals surface area contributed by atoms with Gasteiger partial charge in [0.1, 0.15) is 0 Å². The maximum Gasteiger partial charge on any atom is 0.239 e. The van der Waals surface area contributed by atoms with E-state index in [0.29, 0.717) is 11.8 Å². The number of nitrogens with zero attached hydrogens (tertiary/aromatic N) is 1. The summed E-state index contributed by atoms with van der Waals surface area (Å²) in [6, 6.07) is 9.70. The average Bonchev–Trinajstić information content (AvgIpc) is 2.56. The maximum absolute atomic E-state index is 12.7. The molecule has 4 heteroatoms. The molecule has 1 aliphatic heterocycles. The van der Waals surface area contributed by atoms with Gasteiger partial charge in [-0.3, -0.25) is 4.79 Å². The highest BCUT2D eigenvalue weighted by Gasteiger charge is 2.38. The highest BCUT2D eigenvalue weighted by Crippen LogP contribution is 2.43. The van der Waals surface area contributed by atoms with Gasteiger partial charge in [-0.25, -0.2) is 0 Å². The van der Waals surface area contributed by atoms with Crippen molar-refractivity contribution in [2.45, 2.75) is 57.4 Å². The molecule has 0 aromatic heterocycles. The standard InChI is InChI=1S/C19H28N2O.ClH/c20-17(14-16-8-3-1-4-9-16)18(22)21-13-7-12-19(15-21)10-5-2-6-11-19;/h1,3-4,8-9,17H,2,5-7,10-15,20H2;1H/t17-;/m0./s1. The van der Waals surface area contributed by atoms with Crippen LogP contribution in [0.4, 0.5) is 0 Å². The normalized spacial score (nSPS) is 21.5. The molecule has 3 nitrogen and oxygen atoms in total. The first-order valence-corrected chi connectivity index (χ1v) is 8.77. The van der Waals surface area contributed by atoms with Crippen LogP contribution in [0.2, 0.25) is 0 Å². The molecular formula is C19H29ClN2O. The number of hydrogen-bond acceptors (Lipinski definition) is 2. The van der Waals surface area contributed by atoms with Gasteiger partial charge in [0.15, 0.2) is 0 Å². The smallest absolute Gasteiger partial charge is 0.239 e. The van der Waals surface area contributed by atoms with Crippen molar-refractivity contribution in [2.75, 3.05) is 13.1 Å². The van der Waals surface area contributed by atoms with E-state index >= 15 is 0 Å². The first-order chi connectivity index (χ1) is 10.7. The molecule has 3 rings (SSSR count). The lowest BCUT2D eigenvalue weighted by molar-refractivity contribution is -0.136. The van der Waals surface area contributed by atoms with Crippen molar-refractivity contribution in [3.05, 3.63) is 35.9 Å². The fourth-order valence-corrected chi connectivity index (χ4v) is 4.30. The lowest BCUT2D eigenvalue weighted by Crippen LogP contribution is -2.52. The Bertz CT molecular complexity index is 494. The minimum atomic E-state index is -0.402. The zero-order chi connectivity index (χ0) is 15.4. The Hall–Kier alpha value is -1.06. The molecule has 1 saturated heterocycles. The summed E-state index contributed by atoms with van der Waals surface area (Å²) in [4.78, 5) is 14.8. The summed E-state index contributed by atoms with van der Waals surface area (Å²) in [6.07, 6.45) is 9.70. The largest absolute Gasteiger partial charge is 0.341 e. The molecule has 1 atom stereocenters. The van der Waals surface area contributed by atoms with Crippen LogP contribution in [0, 0.1) is 5.41 Å². The predicted octanol–water partition coefficient (Wildman–Crippen LogP) is 3.55. The lowest BCUT2D eigenvalue weighted by atomic mass is 9.69. The van der Waals surface area contributed by atoms with E-state index < -0.39 is 6.04 Å². The van der Waals surface area contributed by atoms with Gasteiger partial charge >= 0.3 is 0 Å². The number of rotatable bonds is 3. The van der Waals surface area contributed by atoms with Crippen molar-refractivity contribution < 1.29 is 4.79 Å². The molecule has 2 N–H and O–H groups in total. The fourth-order valence-electron chi connectivity index (χ4n) is 4.30. The second-order valence-electron chi connectivity index (χ2n) is 7.22. The van der Waals surface area contributed by atoms with Gasteiger partial charge in [-0.1, -0.05) is 49.6 Å². The fraction of sp³-hybridized carbons (Fsp3) is 0.632. The van der Waals surface area contributed by atoms with Crippen molar-refractivity contribution in [3.63, 3.8) is 0 Å². The molecule has 0 bridgehead atoms. The van der Waals surface area contributed by atoms with Gasteiger partial charge in [0.2, 0.25) is 5.91 Å². The molecular weight excluding hydrogens is 308 g/mol. The molecule has 1 aromatic carbocycles. The van der Waals surface area contributed by atoms with Crippen molar-refractivity contribution >= 4 is 18.3 Å². The Labute approximate surface area is 146 Å². The number of amides is 1. The zero-order valence-corrected chi connectivity index (χ0v) is 14.7. The molecule has 1 aromatic rings. The van der Waals surface area contributed by atoms with Crippen LogP contribution in [0.1, 0.15) is 50.5 Å². The van der Waals surface area contributed by atoms with Crippen LogP contribution in [0.25, 0.3) is 0 Å². The Morgan fingerprint density at radius 3 is 2.43 bits per heavy atom. The topological polar surface area (TPSA) is 46.3 Å². The summed E-state index contributed by atoms with van der Waals surface area (Å²) in [5.74, 6) is 0.147. The van der Waals surface area contributed by atoms with Crippen molar-refractivity contribution in [3.8, 4) is 0 Å². The summed E-state index contributed by atoms with van der Waals surface area (Å²) in [6.45, 7) is 1.83. The summed E-state index contributed by atoms with van der Waals surface area (Å²) in [5.41, 5.74) is 7.75. The molecule has 1 saturated carbocycles. The van der Waals surface area contributed by atoms with Crippen LogP contribution in [0.3, 0.4) is 0 Å². The van der Waals surface area contributed by atoms with E-state index in [4.69, 9.17) is 5.73 Å². The highest BCUT2D eigenvalue weighted by molar-refractivity contribution is 5.85. The van der Waals surface area contributed by atoms with E-state index in [9.17, 15) is 4.79 Å². The van der Waals surface area contributed by atoms with Gasteiger partial charge in [-0.05, 0) is 43.1 Å². The molecule has 1 amide bonds. The lowest BCUT2D eigenvalue weighted by Gasteiger charge is -2.45. The van der Waals surface area contributed by atoms with Gasteiger partial charge in [0.25, 0.3) is 0 Å². The molecule has 0 radical (unpaired) electrons. The number of hydrogen-bond donors (Lipinski definition) is 1. The summed E-state index contributed by atoms with van der Waals surface area (Å²) >= 11 is 0. The van der Waals surface area contributed by atoms with Gasteiger partial charge in [0, 0.05) is 13.1 Å². The van der Waals surface area contributed by atoms with Crippen LogP contribution in [0.5, 0.6) is 0 Å². The van der Waals surface area contributed by atoms with Crippen molar-refractivity contribution in [1.29, 1.82) is 0 Å². The molecule has 0 unspecified atom stereocenters. The van der Waals surface area contributed by atoms with Gasteiger partial charge in [-0.2, -0.15) is 0 Å². The Kier molecular flexibility index (Phi) is 6.49. The number of likely N-dealkylation sites (tertiary alicyclic amines) is 1. The third-order valence-electron chi connectivity index (χ3n) is 5.50. The van der Waals surface area contributed by atoms with Crippen LogP contribution in [-0.4, -0.2) is 29.9 Å². The highest BCUT2D eigenvalue weighted by atomic mass is 35.5. The molecule has 23 heavy (non-hydrogen) atoms. The predicted molar refractivity (Wildman–Crippen MR) is 96.7 cm³/mol. The van der Waals surface area contributed by atoms with E-state index in [2.05, 4.69) is 4.90 Å². The van der Waals surface area contributed by atoms with E-state index in [0.717, 1.165) is 25.1 Å². The van der Waals surface area contributed by atoms with Crippen LogP contribution >= 0.6 is 12.4 Å². The van der Waals surface area contributed by atoms with E-state index in [-0.39, 0.29) is 18.3 Å². The first kappa shape index (κ1) is 18.3. The number of benzene rings is 1. The molecule has 1 aliphatic carbocycles. The summed E-state index contributed by atoms with van der Waals surface area (Å²) < 4.78 is 0. The van der Waals surface area contributed by atoms with E-state index in [1.807, 2.05) is 30.3 Å². The molecule has 2 fully saturated rings. The van der Waals surface area contributed by atoms with E-state index in [1.165, 1.54) is 38.5 Å². The number of carbonyl (C=O) groups is 1. The average molecular weight is 337 g/mol. The summed E-state index contributed by atoms with van der Waals surface area (Å²) in [5, 5.41) is 0. The quantitative estimate of drug-likeness (QED) is 0.917. The third kappa shape index (κ3) is 4.48.